The van der Waals surface area contributed by atoms with Gasteiger partial charge < -0.3 is 5.11 Å². The van der Waals surface area contributed by atoms with Crippen LogP contribution in [0.3, 0.4) is 0 Å². The van der Waals surface area contributed by atoms with E-state index >= 15 is 0 Å². The highest BCUT2D eigenvalue weighted by Gasteiger charge is 2.37. The van der Waals surface area contributed by atoms with Crippen LogP contribution in [-0.4, -0.2) is 26.3 Å². The van der Waals surface area contributed by atoms with Crippen molar-refractivity contribution in [2.75, 3.05) is 0 Å². The van der Waals surface area contributed by atoms with Crippen molar-refractivity contribution in [3.63, 3.8) is 0 Å². The van der Waals surface area contributed by atoms with Gasteiger partial charge in [-0.1, -0.05) is 19.9 Å². The number of hydrogen-bond donors (Lipinski definition) is 2. The lowest BCUT2D eigenvalue weighted by Crippen LogP contribution is -2.35. The molecule has 0 radical (unpaired) electrons. The fourth-order valence-electron chi connectivity index (χ4n) is 1.76. The van der Waals surface area contributed by atoms with Gasteiger partial charge in [0.2, 0.25) is 0 Å². The zero-order valence-corrected chi connectivity index (χ0v) is 12.0. The van der Waals surface area contributed by atoms with Gasteiger partial charge in [0, 0.05) is 6.42 Å². The summed E-state index contributed by atoms with van der Waals surface area (Å²) in [5, 5.41) is 18.3. The molecule has 1 atom stereocenters. The molecular formula is C13H17N3O2S. The van der Waals surface area contributed by atoms with Crippen LogP contribution in [0.4, 0.5) is 0 Å². The normalized spacial score (nSPS) is 14.5. The van der Waals surface area contributed by atoms with Crippen molar-refractivity contribution < 1.29 is 9.90 Å². The molecule has 5 nitrogen and oxygen atoms in total. The predicted octanol–water partition coefficient (Wildman–Crippen LogP) is 2.82. The summed E-state index contributed by atoms with van der Waals surface area (Å²) in [6.45, 7) is 5.56. The Kier molecular flexibility index (Phi) is 3.71. The third kappa shape index (κ3) is 2.68. The van der Waals surface area contributed by atoms with Crippen LogP contribution in [0.2, 0.25) is 0 Å². The van der Waals surface area contributed by atoms with Crippen LogP contribution < -0.4 is 0 Å². The Balaban J connectivity index is 2.22. The second-order valence-electron chi connectivity index (χ2n) is 5.14. The third-order valence-corrected chi connectivity index (χ3v) is 4.44. The van der Waals surface area contributed by atoms with Crippen molar-refractivity contribution >= 4 is 17.3 Å². The molecule has 0 aliphatic carbocycles. The first-order valence-corrected chi connectivity index (χ1v) is 7.00. The minimum Gasteiger partial charge on any atom is -0.481 e. The van der Waals surface area contributed by atoms with Crippen LogP contribution >= 0.6 is 11.3 Å². The fraction of sp³-hybridized carbons (Fsp3) is 0.462. The van der Waals surface area contributed by atoms with E-state index in [9.17, 15) is 9.90 Å². The van der Waals surface area contributed by atoms with Crippen molar-refractivity contribution in [2.24, 2.45) is 11.3 Å². The Morgan fingerprint density at radius 1 is 1.58 bits per heavy atom. The summed E-state index contributed by atoms with van der Waals surface area (Å²) in [6.07, 6.45) is 0.346. The Labute approximate surface area is 115 Å². The van der Waals surface area contributed by atoms with Crippen molar-refractivity contribution in [1.82, 2.24) is 15.2 Å². The van der Waals surface area contributed by atoms with Crippen molar-refractivity contribution in [2.45, 2.75) is 27.2 Å². The number of nitrogens with zero attached hydrogens (tertiary/aromatic N) is 2. The molecule has 2 rings (SSSR count). The SMILES string of the molecule is CC(C)C(C)(Cc1nc(-c2cccs2)n[nH]1)C(=O)O. The number of carboxylic acid groups (broad SMARTS) is 1. The zero-order chi connectivity index (χ0) is 14.0. The molecule has 2 N–H and O–H groups in total. The molecule has 0 aromatic carbocycles. The first-order chi connectivity index (χ1) is 8.93. The lowest BCUT2D eigenvalue weighted by atomic mass is 9.76. The number of aromatic nitrogens is 3. The van der Waals surface area contributed by atoms with E-state index in [1.165, 1.54) is 0 Å². The number of nitrogens with one attached hydrogen (secondary N) is 1. The molecule has 0 amide bonds. The van der Waals surface area contributed by atoms with Crippen LogP contribution in [0, 0.1) is 11.3 Å². The molecule has 19 heavy (non-hydrogen) atoms. The first-order valence-electron chi connectivity index (χ1n) is 6.12. The minimum absolute atomic E-state index is 0.0142. The Morgan fingerprint density at radius 2 is 2.32 bits per heavy atom. The minimum atomic E-state index is -0.841. The lowest BCUT2D eigenvalue weighted by molar-refractivity contribution is -0.150. The molecule has 0 aliphatic rings. The summed E-state index contributed by atoms with van der Waals surface area (Å²) >= 11 is 1.56. The topological polar surface area (TPSA) is 78.9 Å². The molecule has 0 saturated carbocycles. The van der Waals surface area contributed by atoms with Gasteiger partial charge in [0.15, 0.2) is 5.82 Å². The van der Waals surface area contributed by atoms with Gasteiger partial charge in [-0.3, -0.25) is 9.89 Å². The summed E-state index contributed by atoms with van der Waals surface area (Å²) in [7, 11) is 0. The van der Waals surface area contributed by atoms with Crippen LogP contribution in [-0.2, 0) is 11.2 Å². The highest BCUT2D eigenvalue weighted by atomic mass is 32.1. The van der Waals surface area contributed by atoms with Crippen LogP contribution in [0.25, 0.3) is 10.7 Å². The summed E-state index contributed by atoms with van der Waals surface area (Å²) in [6, 6.07) is 3.88. The summed E-state index contributed by atoms with van der Waals surface area (Å²) < 4.78 is 0. The number of carbonyl (C=O) groups is 1. The Hall–Kier alpha value is -1.69. The molecule has 1 unspecified atom stereocenters. The average molecular weight is 279 g/mol. The predicted molar refractivity (Wildman–Crippen MR) is 74.0 cm³/mol. The van der Waals surface area contributed by atoms with Gasteiger partial charge in [-0.05, 0) is 24.3 Å². The number of aliphatic carboxylic acids is 1. The Morgan fingerprint density at radius 3 is 2.84 bits per heavy atom. The highest BCUT2D eigenvalue weighted by Crippen LogP contribution is 2.31. The number of rotatable bonds is 5. The molecule has 102 valence electrons. The van der Waals surface area contributed by atoms with Crippen LogP contribution in [0.15, 0.2) is 17.5 Å². The van der Waals surface area contributed by atoms with E-state index in [1.807, 2.05) is 31.4 Å². The quantitative estimate of drug-likeness (QED) is 0.882. The Bertz CT molecular complexity index is 562. The van der Waals surface area contributed by atoms with E-state index in [1.54, 1.807) is 18.3 Å². The van der Waals surface area contributed by atoms with Crippen LogP contribution in [0.5, 0.6) is 0 Å². The second kappa shape index (κ2) is 5.13. The average Bonchev–Trinajstić information content (AvgIpc) is 2.97. The summed E-state index contributed by atoms with van der Waals surface area (Å²) in [4.78, 5) is 16.8. The molecule has 0 saturated heterocycles. The largest absolute Gasteiger partial charge is 0.481 e. The van der Waals surface area contributed by atoms with Gasteiger partial charge in [-0.25, -0.2) is 4.98 Å². The van der Waals surface area contributed by atoms with E-state index in [-0.39, 0.29) is 5.92 Å². The first kappa shape index (κ1) is 13.7. The van der Waals surface area contributed by atoms with Gasteiger partial charge in [0.05, 0.1) is 10.3 Å². The van der Waals surface area contributed by atoms with E-state index < -0.39 is 11.4 Å². The summed E-state index contributed by atoms with van der Waals surface area (Å²) in [5.41, 5.74) is -0.841. The maximum Gasteiger partial charge on any atom is 0.310 e. The maximum absolute atomic E-state index is 11.4. The molecule has 2 aromatic rings. The molecule has 2 aromatic heterocycles. The molecule has 0 bridgehead atoms. The van der Waals surface area contributed by atoms with Gasteiger partial charge in [-0.2, -0.15) is 5.10 Å². The summed E-state index contributed by atoms with van der Waals surface area (Å²) in [5.74, 6) is 0.445. The maximum atomic E-state index is 11.4. The van der Waals surface area contributed by atoms with Crippen molar-refractivity contribution in [1.29, 1.82) is 0 Å². The van der Waals surface area contributed by atoms with Crippen molar-refractivity contribution in [3.05, 3.63) is 23.3 Å². The number of carboxylic acids is 1. The lowest BCUT2D eigenvalue weighted by Gasteiger charge is -2.27. The number of thiophene rings is 1. The standard InChI is InChI=1S/C13H17N3O2S/c1-8(2)13(3,12(17)18)7-10-14-11(16-15-10)9-5-4-6-19-9/h4-6,8H,7H2,1-3H3,(H,17,18)(H,14,15,16). The zero-order valence-electron chi connectivity index (χ0n) is 11.2. The molecule has 0 aliphatic heterocycles. The number of H-pyrrole nitrogens is 1. The van der Waals surface area contributed by atoms with Gasteiger partial charge in [0.25, 0.3) is 0 Å². The number of aromatic amines is 1. The van der Waals surface area contributed by atoms with E-state index in [0.717, 1.165) is 4.88 Å². The van der Waals surface area contributed by atoms with Gasteiger partial charge in [0.1, 0.15) is 5.82 Å². The van der Waals surface area contributed by atoms with E-state index in [0.29, 0.717) is 18.1 Å². The number of hydrogen-bond acceptors (Lipinski definition) is 4. The van der Waals surface area contributed by atoms with Gasteiger partial charge >= 0.3 is 5.97 Å². The van der Waals surface area contributed by atoms with E-state index in [2.05, 4.69) is 15.2 Å². The molecule has 2 heterocycles. The van der Waals surface area contributed by atoms with Gasteiger partial charge in [-0.15, -0.1) is 11.3 Å². The third-order valence-electron chi connectivity index (χ3n) is 3.57. The van der Waals surface area contributed by atoms with Crippen molar-refractivity contribution in [3.8, 4) is 10.7 Å². The van der Waals surface area contributed by atoms with E-state index in [4.69, 9.17) is 0 Å². The second-order valence-corrected chi connectivity index (χ2v) is 6.08. The fourth-order valence-corrected chi connectivity index (χ4v) is 2.42. The smallest absolute Gasteiger partial charge is 0.310 e. The highest BCUT2D eigenvalue weighted by molar-refractivity contribution is 7.13. The van der Waals surface area contributed by atoms with Crippen LogP contribution in [0.1, 0.15) is 26.6 Å². The molecule has 6 heteroatoms. The molecular weight excluding hydrogens is 262 g/mol. The monoisotopic (exact) mass is 279 g/mol. The molecule has 0 fully saturated rings. The molecule has 0 spiro atoms.